The number of unbranched alkanes of at least 4 members (excludes halogenated alkanes) is 33. The first-order chi connectivity index (χ1) is 34.1. The van der Waals surface area contributed by atoms with E-state index in [1.165, 1.54) is 180 Å². The normalized spacial score (nSPS) is 26.0. The number of aliphatic hydroxyl groups excluding tert-OH is 8. The summed E-state index contributed by atoms with van der Waals surface area (Å²) in [6.45, 7) is 2.81. The van der Waals surface area contributed by atoms with Crippen LogP contribution in [0.25, 0.3) is 0 Å². The number of rotatable bonds is 46. The zero-order valence-corrected chi connectivity index (χ0v) is 44.3. The van der Waals surface area contributed by atoms with E-state index in [4.69, 9.17) is 18.9 Å². The summed E-state index contributed by atoms with van der Waals surface area (Å²) in [5, 5.41) is 86.9. The molecule has 12 unspecified atom stereocenters. The van der Waals surface area contributed by atoms with Crippen LogP contribution in [-0.2, 0) is 23.7 Å². The topological polar surface area (TPSA) is 228 Å². The molecule has 414 valence electrons. The van der Waals surface area contributed by atoms with Gasteiger partial charge in [0.05, 0.1) is 32.0 Å². The Kier molecular flexibility index (Phi) is 39.9. The molecule has 0 aromatic carbocycles. The van der Waals surface area contributed by atoms with Gasteiger partial charge in [0, 0.05) is 6.42 Å². The number of hydrogen-bond donors (Lipinski definition) is 9. The number of allylic oxidation sites excluding steroid dienone is 1. The zero-order valence-electron chi connectivity index (χ0n) is 44.3. The van der Waals surface area contributed by atoms with E-state index in [0.29, 0.717) is 6.42 Å². The van der Waals surface area contributed by atoms with Crippen molar-refractivity contribution in [3.8, 4) is 0 Å². The Morgan fingerprint density at radius 1 is 0.500 bits per heavy atom. The summed E-state index contributed by atoms with van der Waals surface area (Å²) in [5.41, 5.74) is 0. The number of aliphatic hydroxyl groups is 8. The van der Waals surface area contributed by atoms with Gasteiger partial charge in [-0.3, -0.25) is 4.79 Å². The highest BCUT2D eigenvalue weighted by Gasteiger charge is 2.51. The van der Waals surface area contributed by atoms with Crippen molar-refractivity contribution in [2.75, 3.05) is 19.8 Å². The summed E-state index contributed by atoms with van der Waals surface area (Å²) in [5.74, 6) is -0.235. The van der Waals surface area contributed by atoms with Crippen LogP contribution in [0.5, 0.6) is 0 Å². The van der Waals surface area contributed by atoms with Gasteiger partial charge in [-0.2, -0.15) is 0 Å². The number of carbonyl (C=O) groups is 1. The van der Waals surface area contributed by atoms with E-state index >= 15 is 0 Å². The highest BCUT2D eigenvalue weighted by Crippen LogP contribution is 2.30. The second kappa shape index (κ2) is 43.0. The van der Waals surface area contributed by atoms with E-state index in [1.807, 2.05) is 6.08 Å². The van der Waals surface area contributed by atoms with Gasteiger partial charge in [-0.1, -0.05) is 231 Å². The first-order valence-corrected chi connectivity index (χ1v) is 28.9. The zero-order chi connectivity index (χ0) is 51.0. The van der Waals surface area contributed by atoms with Crippen LogP contribution >= 0.6 is 0 Å². The molecule has 12 atom stereocenters. The monoisotopic (exact) mass is 1000 g/mol. The number of nitrogens with one attached hydrogen (secondary N) is 1. The van der Waals surface area contributed by atoms with Gasteiger partial charge in [0.1, 0.15) is 48.8 Å². The second-order valence-electron chi connectivity index (χ2n) is 20.8. The third-order valence-electron chi connectivity index (χ3n) is 14.5. The van der Waals surface area contributed by atoms with Crippen molar-refractivity contribution in [1.29, 1.82) is 0 Å². The van der Waals surface area contributed by atoms with Crippen molar-refractivity contribution >= 4 is 5.91 Å². The number of carbonyl (C=O) groups excluding carboxylic acids is 1. The van der Waals surface area contributed by atoms with Crippen LogP contribution in [0, 0.1) is 0 Å². The molecular formula is C56H107NO13. The lowest BCUT2D eigenvalue weighted by molar-refractivity contribution is -0.359. The predicted molar refractivity (Wildman–Crippen MR) is 277 cm³/mol. The third kappa shape index (κ3) is 29.0. The van der Waals surface area contributed by atoms with Gasteiger partial charge in [-0.25, -0.2) is 0 Å². The van der Waals surface area contributed by atoms with Crippen LogP contribution in [0.4, 0.5) is 0 Å². The Hall–Kier alpha value is -1.27. The molecule has 14 heteroatoms. The van der Waals surface area contributed by atoms with Crippen LogP contribution in [-0.4, -0.2) is 140 Å². The lowest BCUT2D eigenvalue weighted by atomic mass is 9.97. The average Bonchev–Trinajstić information content (AvgIpc) is 3.36. The third-order valence-corrected chi connectivity index (χ3v) is 14.5. The molecule has 0 spiro atoms. The van der Waals surface area contributed by atoms with E-state index in [2.05, 4.69) is 19.2 Å². The second-order valence-corrected chi connectivity index (χ2v) is 20.8. The van der Waals surface area contributed by atoms with Crippen molar-refractivity contribution in [3.05, 3.63) is 12.2 Å². The fraction of sp³-hybridized carbons (Fsp3) is 0.946. The SMILES string of the molecule is CCCCCCCCCCCCC/C=C/C(O)C(COC1OC(CO)C(OC2OC(CO)C(O)C(O)C2O)C(O)C1O)NC(=O)CCCCCCCCCCCCCCCCCCCCCCCCC. The summed E-state index contributed by atoms with van der Waals surface area (Å²) in [6, 6.07) is -0.908. The molecule has 2 saturated heterocycles. The van der Waals surface area contributed by atoms with Gasteiger partial charge in [-0.15, -0.1) is 0 Å². The molecule has 0 radical (unpaired) electrons. The largest absolute Gasteiger partial charge is 0.394 e. The molecule has 2 fully saturated rings. The molecule has 9 N–H and O–H groups in total. The van der Waals surface area contributed by atoms with Crippen LogP contribution in [0.15, 0.2) is 12.2 Å². The Morgan fingerprint density at radius 3 is 1.31 bits per heavy atom. The van der Waals surface area contributed by atoms with Crippen molar-refractivity contribution < 1.29 is 64.6 Å². The maximum atomic E-state index is 13.2. The van der Waals surface area contributed by atoms with E-state index in [9.17, 15) is 45.6 Å². The first kappa shape index (κ1) is 64.8. The van der Waals surface area contributed by atoms with E-state index in [-0.39, 0.29) is 18.9 Å². The van der Waals surface area contributed by atoms with Crippen molar-refractivity contribution in [3.63, 3.8) is 0 Å². The minimum absolute atomic E-state index is 0.235. The molecule has 2 heterocycles. The maximum absolute atomic E-state index is 13.2. The molecule has 0 aromatic heterocycles. The highest BCUT2D eigenvalue weighted by molar-refractivity contribution is 5.76. The molecule has 2 aliphatic rings. The van der Waals surface area contributed by atoms with Crippen molar-refractivity contribution in [2.24, 2.45) is 0 Å². The Morgan fingerprint density at radius 2 is 0.886 bits per heavy atom. The van der Waals surface area contributed by atoms with Crippen LogP contribution in [0.1, 0.15) is 245 Å². The predicted octanol–water partition coefficient (Wildman–Crippen LogP) is 9.11. The molecule has 14 nitrogen and oxygen atoms in total. The minimum Gasteiger partial charge on any atom is -0.394 e. The first-order valence-electron chi connectivity index (χ1n) is 28.9. The van der Waals surface area contributed by atoms with E-state index < -0.39 is 86.8 Å². The molecule has 70 heavy (non-hydrogen) atoms. The summed E-state index contributed by atoms with van der Waals surface area (Å²) in [6.07, 6.45) is 31.1. The molecule has 1 amide bonds. The van der Waals surface area contributed by atoms with Crippen molar-refractivity contribution in [1.82, 2.24) is 5.32 Å². The molecule has 0 bridgehead atoms. The molecule has 0 saturated carbocycles. The van der Waals surface area contributed by atoms with E-state index in [1.54, 1.807) is 6.08 Å². The number of amides is 1. The van der Waals surface area contributed by atoms with Crippen LogP contribution in [0.2, 0.25) is 0 Å². The maximum Gasteiger partial charge on any atom is 0.220 e. The molecule has 2 aliphatic heterocycles. The Balaban J connectivity index is 1.74. The lowest BCUT2D eigenvalue weighted by Crippen LogP contribution is -2.65. The standard InChI is InChI=1S/C56H107NO13/c1-3-5-7-9-11-13-15-17-18-19-20-21-22-23-24-25-26-28-30-32-34-36-38-40-48(61)57-44(45(60)39-37-35-33-31-29-27-16-14-12-10-8-6-4-2)43-67-55-53(66)51(64)54(47(42-59)69-55)70-56-52(65)50(63)49(62)46(41-58)68-56/h37,39,44-47,49-56,58-60,62-66H,3-36,38,40-43H2,1-2H3,(H,57,61)/b39-37+. The fourth-order valence-corrected chi connectivity index (χ4v) is 9.76. The summed E-state index contributed by atoms with van der Waals surface area (Å²) in [4.78, 5) is 13.2. The van der Waals surface area contributed by atoms with Crippen molar-refractivity contribution in [2.45, 2.75) is 319 Å². The highest BCUT2D eigenvalue weighted by atomic mass is 16.7. The lowest BCUT2D eigenvalue weighted by Gasteiger charge is -2.46. The smallest absolute Gasteiger partial charge is 0.220 e. The molecule has 0 aromatic rings. The van der Waals surface area contributed by atoms with Crippen LogP contribution < -0.4 is 5.32 Å². The van der Waals surface area contributed by atoms with Gasteiger partial charge < -0.3 is 65.1 Å². The molecule has 2 rings (SSSR count). The quantitative estimate of drug-likeness (QED) is 0.0205. The van der Waals surface area contributed by atoms with Crippen LogP contribution in [0.3, 0.4) is 0 Å². The summed E-state index contributed by atoms with van der Waals surface area (Å²) >= 11 is 0. The molecular weight excluding hydrogens is 895 g/mol. The fourth-order valence-electron chi connectivity index (χ4n) is 9.76. The number of ether oxygens (including phenoxy) is 4. The van der Waals surface area contributed by atoms with Gasteiger partial charge in [0.2, 0.25) is 5.91 Å². The number of hydrogen-bond acceptors (Lipinski definition) is 13. The van der Waals surface area contributed by atoms with Gasteiger partial charge in [0.15, 0.2) is 12.6 Å². The van der Waals surface area contributed by atoms with Gasteiger partial charge in [0.25, 0.3) is 0 Å². The Labute approximate surface area is 425 Å². The Bertz CT molecular complexity index is 1230. The summed E-state index contributed by atoms with van der Waals surface area (Å²) in [7, 11) is 0. The van der Waals surface area contributed by atoms with E-state index in [0.717, 1.165) is 38.5 Å². The summed E-state index contributed by atoms with van der Waals surface area (Å²) < 4.78 is 22.7. The average molecular weight is 1000 g/mol. The van der Waals surface area contributed by atoms with Gasteiger partial charge in [-0.05, 0) is 19.3 Å². The van der Waals surface area contributed by atoms with Gasteiger partial charge >= 0.3 is 0 Å². The minimum atomic E-state index is -1.78. The molecule has 0 aliphatic carbocycles.